The average molecular weight is 225 g/mol. The van der Waals surface area contributed by atoms with Gasteiger partial charge in [0.2, 0.25) is 0 Å². The van der Waals surface area contributed by atoms with Crippen molar-refractivity contribution in [1.29, 1.82) is 0 Å². The molecule has 5 heteroatoms. The number of nitrogens with zero attached hydrogens (tertiary/aromatic N) is 4. The minimum Gasteiger partial charge on any atom is -0.269 e. The lowest BCUT2D eigenvalue weighted by molar-refractivity contribution is 0.572. The number of rotatable bonds is 3. The molecule has 0 spiro atoms. The van der Waals surface area contributed by atoms with Crippen LogP contribution >= 0.6 is 11.6 Å². The second-order valence-electron chi connectivity index (χ2n) is 3.99. The highest BCUT2D eigenvalue weighted by Gasteiger charge is 2.06. The second kappa shape index (κ2) is 4.14. The summed E-state index contributed by atoms with van der Waals surface area (Å²) in [7, 11) is 0. The van der Waals surface area contributed by atoms with E-state index in [0.29, 0.717) is 11.1 Å². The van der Waals surface area contributed by atoms with Crippen LogP contribution in [0.25, 0.3) is 5.65 Å². The van der Waals surface area contributed by atoms with Crippen molar-refractivity contribution in [3.05, 3.63) is 23.4 Å². The van der Waals surface area contributed by atoms with E-state index in [1.54, 1.807) is 12.4 Å². The van der Waals surface area contributed by atoms with Crippen molar-refractivity contribution in [3.63, 3.8) is 0 Å². The van der Waals surface area contributed by atoms with Crippen molar-refractivity contribution in [2.45, 2.75) is 26.7 Å². The fourth-order valence-electron chi connectivity index (χ4n) is 1.41. The maximum Gasteiger partial charge on any atom is 0.165 e. The Bertz CT molecular complexity index is 463. The minimum absolute atomic E-state index is 0.449. The molecule has 0 aromatic carbocycles. The van der Waals surface area contributed by atoms with Crippen molar-refractivity contribution in [2.75, 3.05) is 0 Å². The summed E-state index contributed by atoms with van der Waals surface area (Å²) in [5.74, 6) is 1.61. The third kappa shape index (κ3) is 2.26. The molecule has 0 atom stereocenters. The maximum absolute atomic E-state index is 5.76. The van der Waals surface area contributed by atoms with E-state index in [1.807, 2.05) is 4.40 Å². The topological polar surface area (TPSA) is 43.1 Å². The van der Waals surface area contributed by atoms with Gasteiger partial charge in [0, 0.05) is 12.5 Å². The van der Waals surface area contributed by atoms with Crippen LogP contribution in [0, 0.1) is 5.92 Å². The van der Waals surface area contributed by atoms with Gasteiger partial charge in [-0.2, -0.15) is 0 Å². The predicted molar refractivity (Wildman–Crippen MR) is 59.0 cm³/mol. The highest BCUT2D eigenvalue weighted by Crippen LogP contribution is 2.11. The molecule has 0 aliphatic heterocycles. The molecule has 15 heavy (non-hydrogen) atoms. The maximum atomic E-state index is 5.76. The smallest absolute Gasteiger partial charge is 0.165 e. The number of halogens is 1. The van der Waals surface area contributed by atoms with Crippen LogP contribution in [0.2, 0.25) is 5.15 Å². The van der Waals surface area contributed by atoms with Gasteiger partial charge in [0.25, 0.3) is 0 Å². The summed E-state index contributed by atoms with van der Waals surface area (Å²) in [5.41, 5.74) is 0.758. The van der Waals surface area contributed by atoms with Crippen LogP contribution in [0.3, 0.4) is 0 Å². The number of fused-ring (bicyclic) bond motifs is 1. The molecule has 0 N–H and O–H groups in total. The lowest BCUT2D eigenvalue weighted by atomic mass is 10.1. The zero-order valence-corrected chi connectivity index (χ0v) is 9.57. The first-order valence-corrected chi connectivity index (χ1v) is 5.40. The van der Waals surface area contributed by atoms with Crippen LogP contribution < -0.4 is 0 Å². The largest absolute Gasteiger partial charge is 0.269 e. The van der Waals surface area contributed by atoms with Gasteiger partial charge in [0.15, 0.2) is 5.65 Å². The standard InChI is InChI=1S/C10H13ClN4/c1-7(2)3-4-9-13-14-10-5-8(11)12-6-15(9)10/h5-7H,3-4H2,1-2H3. The van der Waals surface area contributed by atoms with E-state index < -0.39 is 0 Å². The van der Waals surface area contributed by atoms with Crippen molar-refractivity contribution in [3.8, 4) is 0 Å². The molecule has 0 aliphatic carbocycles. The Hall–Kier alpha value is -1.16. The quantitative estimate of drug-likeness (QED) is 0.752. The summed E-state index contributed by atoms with van der Waals surface area (Å²) in [5, 5.41) is 8.62. The molecular weight excluding hydrogens is 212 g/mol. The number of hydrogen-bond donors (Lipinski definition) is 0. The first kappa shape index (κ1) is 10.4. The van der Waals surface area contributed by atoms with E-state index in [2.05, 4.69) is 29.0 Å². The summed E-state index contributed by atoms with van der Waals surface area (Å²) in [6, 6.07) is 1.72. The molecule has 0 unspecified atom stereocenters. The SMILES string of the molecule is CC(C)CCc1nnc2cc(Cl)ncn12. The Morgan fingerprint density at radius 1 is 1.40 bits per heavy atom. The lowest BCUT2D eigenvalue weighted by Gasteiger charge is -2.02. The summed E-state index contributed by atoms with van der Waals surface area (Å²) < 4.78 is 1.88. The molecule has 2 heterocycles. The van der Waals surface area contributed by atoms with Crippen LogP contribution in [0.1, 0.15) is 26.1 Å². The normalized spacial score (nSPS) is 11.5. The highest BCUT2D eigenvalue weighted by molar-refractivity contribution is 6.29. The Labute approximate surface area is 93.3 Å². The van der Waals surface area contributed by atoms with Crippen LogP contribution in [-0.2, 0) is 6.42 Å². The van der Waals surface area contributed by atoms with E-state index >= 15 is 0 Å². The van der Waals surface area contributed by atoms with Crippen LogP contribution in [-0.4, -0.2) is 19.6 Å². The molecule has 2 aromatic rings. The molecule has 0 fully saturated rings. The highest BCUT2D eigenvalue weighted by atomic mass is 35.5. The second-order valence-corrected chi connectivity index (χ2v) is 4.38. The summed E-state index contributed by atoms with van der Waals surface area (Å²) in [4.78, 5) is 4.02. The number of hydrogen-bond acceptors (Lipinski definition) is 3. The van der Waals surface area contributed by atoms with E-state index in [1.165, 1.54) is 0 Å². The summed E-state index contributed by atoms with van der Waals surface area (Å²) >= 11 is 5.76. The predicted octanol–water partition coefficient (Wildman–Crippen LogP) is 2.37. The molecule has 0 saturated heterocycles. The van der Waals surface area contributed by atoms with E-state index in [-0.39, 0.29) is 0 Å². The Morgan fingerprint density at radius 3 is 2.93 bits per heavy atom. The molecule has 2 rings (SSSR count). The van der Waals surface area contributed by atoms with Crippen molar-refractivity contribution >= 4 is 17.2 Å². The number of aryl methyl sites for hydroxylation is 1. The minimum atomic E-state index is 0.449. The number of aromatic nitrogens is 4. The third-order valence-electron chi connectivity index (χ3n) is 2.28. The van der Waals surface area contributed by atoms with Crippen molar-refractivity contribution < 1.29 is 0 Å². The van der Waals surface area contributed by atoms with Crippen LogP contribution in [0.5, 0.6) is 0 Å². The first-order chi connectivity index (χ1) is 7.16. The molecule has 80 valence electrons. The van der Waals surface area contributed by atoms with Gasteiger partial charge >= 0.3 is 0 Å². The van der Waals surface area contributed by atoms with E-state index in [0.717, 1.165) is 24.3 Å². The monoisotopic (exact) mass is 224 g/mol. The van der Waals surface area contributed by atoms with Gasteiger partial charge in [-0.1, -0.05) is 25.4 Å². The molecule has 0 aliphatic rings. The molecule has 0 radical (unpaired) electrons. The fraction of sp³-hybridized carbons (Fsp3) is 0.500. The van der Waals surface area contributed by atoms with Gasteiger partial charge in [0.1, 0.15) is 17.3 Å². The molecule has 2 aromatic heterocycles. The first-order valence-electron chi connectivity index (χ1n) is 5.02. The Balaban J connectivity index is 2.29. The Morgan fingerprint density at radius 2 is 2.20 bits per heavy atom. The van der Waals surface area contributed by atoms with E-state index in [4.69, 9.17) is 11.6 Å². The summed E-state index contributed by atoms with van der Waals surface area (Å²) in [6.07, 6.45) is 3.69. The van der Waals surface area contributed by atoms with Gasteiger partial charge in [-0.25, -0.2) is 4.98 Å². The third-order valence-corrected chi connectivity index (χ3v) is 2.49. The van der Waals surface area contributed by atoms with Gasteiger partial charge in [-0.3, -0.25) is 4.40 Å². The zero-order chi connectivity index (χ0) is 10.8. The van der Waals surface area contributed by atoms with Gasteiger partial charge in [0.05, 0.1) is 0 Å². The molecular formula is C10H13ClN4. The molecule has 4 nitrogen and oxygen atoms in total. The molecule has 0 saturated carbocycles. The molecule has 0 amide bonds. The van der Waals surface area contributed by atoms with Crippen molar-refractivity contribution in [1.82, 2.24) is 19.6 Å². The van der Waals surface area contributed by atoms with Crippen LogP contribution in [0.15, 0.2) is 12.4 Å². The van der Waals surface area contributed by atoms with Crippen molar-refractivity contribution in [2.24, 2.45) is 5.92 Å². The lowest BCUT2D eigenvalue weighted by Crippen LogP contribution is -1.98. The zero-order valence-electron chi connectivity index (χ0n) is 8.81. The molecule has 0 bridgehead atoms. The van der Waals surface area contributed by atoms with Gasteiger partial charge < -0.3 is 0 Å². The Kier molecular flexibility index (Phi) is 2.86. The van der Waals surface area contributed by atoms with Crippen LogP contribution in [0.4, 0.5) is 0 Å². The fourth-order valence-corrected chi connectivity index (χ4v) is 1.55. The average Bonchev–Trinajstić information content (AvgIpc) is 2.57. The summed E-state index contributed by atoms with van der Waals surface area (Å²) in [6.45, 7) is 4.39. The van der Waals surface area contributed by atoms with E-state index in [9.17, 15) is 0 Å². The van der Waals surface area contributed by atoms with Gasteiger partial charge in [-0.15, -0.1) is 10.2 Å². The van der Waals surface area contributed by atoms with Gasteiger partial charge in [-0.05, 0) is 12.3 Å².